The fraction of sp³-hybridized carbons (Fsp3) is 0.657. The van der Waals surface area contributed by atoms with Gasteiger partial charge < -0.3 is 67.5 Å². The minimum Gasteiger partial charge on any atom is -0.405 e. The van der Waals surface area contributed by atoms with Crippen LogP contribution in [0.2, 0.25) is 0 Å². The van der Waals surface area contributed by atoms with E-state index in [4.69, 9.17) is 61.3 Å². The molecule has 10 aromatic rings. The van der Waals surface area contributed by atoms with E-state index >= 15 is 0 Å². The van der Waals surface area contributed by atoms with E-state index in [1.54, 1.807) is 6.20 Å². The topological polar surface area (TPSA) is 332 Å². The van der Waals surface area contributed by atoms with Gasteiger partial charge in [-0.05, 0) is 288 Å². The predicted octanol–water partition coefficient (Wildman–Crippen LogP) is 18.9. The number of likely N-dealkylation sites (tertiary alicyclic amines) is 2. The van der Waals surface area contributed by atoms with Gasteiger partial charge in [-0.25, -0.2) is 0 Å². The zero-order valence-electron chi connectivity index (χ0n) is 86.2. The number of Topliss-reactive ketones (excluding diaryl/α,β-unsaturated/α-hetero) is 1. The molecule has 8 saturated heterocycles. The summed E-state index contributed by atoms with van der Waals surface area (Å²) in [7, 11) is -4.63. The Morgan fingerprint density at radius 3 is 1.12 bits per heavy atom. The Labute approximate surface area is 890 Å². The van der Waals surface area contributed by atoms with Crippen LogP contribution < -0.4 is 10.8 Å². The molecular formula is C105H151B3Br4ClN13O17S. The van der Waals surface area contributed by atoms with Crippen LogP contribution in [0.5, 0.6) is 0 Å². The Morgan fingerprint density at radius 1 is 0.417 bits per heavy atom. The van der Waals surface area contributed by atoms with E-state index in [9.17, 15) is 23.4 Å². The molecular weight excluding hydrogens is 2130 g/mol. The Kier molecular flexibility index (Phi) is 38.3. The number of benzene rings is 5. The smallest absolute Gasteiger partial charge is 0.405 e. The minimum atomic E-state index is -3.31. The van der Waals surface area contributed by atoms with Crippen LogP contribution in [0.15, 0.2) is 140 Å². The monoisotopic (exact) mass is 2280 g/mol. The molecule has 0 unspecified atom stereocenters. The van der Waals surface area contributed by atoms with Crippen molar-refractivity contribution in [2.75, 3.05) is 78.6 Å². The third-order valence-corrected chi connectivity index (χ3v) is 36.0. The fourth-order valence-corrected chi connectivity index (χ4v) is 24.1. The van der Waals surface area contributed by atoms with Crippen molar-refractivity contribution in [3.8, 4) is 0 Å². The zero-order valence-corrected chi connectivity index (χ0v) is 94.2. The maximum absolute atomic E-state index is 11.2. The minimum absolute atomic E-state index is 0. The number of aliphatic hydroxyl groups is 3. The van der Waals surface area contributed by atoms with Crippen LogP contribution in [0.1, 0.15) is 231 Å². The van der Waals surface area contributed by atoms with Crippen molar-refractivity contribution in [2.45, 2.75) is 333 Å². The molecule has 13 aliphatic rings. The van der Waals surface area contributed by atoms with Crippen LogP contribution in [0.4, 0.5) is 0 Å². The summed E-state index contributed by atoms with van der Waals surface area (Å²) in [4.78, 5) is 16.2. The number of nitrogens with zero attached hydrogens (tertiary/aromatic N) is 11. The van der Waals surface area contributed by atoms with Crippen molar-refractivity contribution in [3.63, 3.8) is 0 Å². The maximum atomic E-state index is 11.2. The van der Waals surface area contributed by atoms with Crippen molar-refractivity contribution in [3.05, 3.63) is 140 Å². The molecule has 0 amide bonds. The Bertz CT molecular complexity index is 5870. The molecule has 39 heteroatoms. The van der Waals surface area contributed by atoms with Crippen LogP contribution >= 0.6 is 76.1 Å². The first-order valence-corrected chi connectivity index (χ1v) is 57.1. The van der Waals surface area contributed by atoms with E-state index in [1.165, 1.54) is 78.7 Å². The second-order valence-corrected chi connectivity index (χ2v) is 49.5. The molecule has 144 heavy (non-hydrogen) atoms. The summed E-state index contributed by atoms with van der Waals surface area (Å²) in [6.45, 7) is 37.3. The molecule has 5 saturated carbocycles. The van der Waals surface area contributed by atoms with Gasteiger partial charge in [0.2, 0.25) is 0 Å². The number of hydrogen-bond acceptors (Lipinski definition) is 25. The van der Waals surface area contributed by atoms with E-state index in [0.29, 0.717) is 54.8 Å². The maximum Gasteiger partial charge on any atom is 0.495 e. The number of aromatic nitrogens is 10. The first-order valence-electron chi connectivity index (χ1n) is 52.1. The van der Waals surface area contributed by atoms with Gasteiger partial charge in [0.05, 0.1) is 150 Å². The van der Waals surface area contributed by atoms with Gasteiger partial charge in [-0.3, -0.25) is 42.6 Å². The number of aromatic amines is 1. The second-order valence-electron chi connectivity index (χ2n) is 44.5. The number of carbonyl (C=O) groups is 1. The van der Waals surface area contributed by atoms with E-state index in [0.717, 1.165) is 238 Å². The highest BCUT2D eigenvalue weighted by molar-refractivity contribution is 9.11. The van der Waals surface area contributed by atoms with Crippen LogP contribution in [-0.2, 0) is 92.1 Å². The summed E-state index contributed by atoms with van der Waals surface area (Å²) < 4.78 is 98.7. The van der Waals surface area contributed by atoms with Crippen LogP contribution in [0.3, 0.4) is 0 Å². The number of H-pyrrole nitrogens is 1. The van der Waals surface area contributed by atoms with E-state index in [1.807, 2.05) is 111 Å². The summed E-state index contributed by atoms with van der Waals surface area (Å²) in [6, 6.07) is 32.4. The quantitative estimate of drug-likeness (QED) is 0.0470. The molecule has 3 atom stereocenters. The van der Waals surface area contributed by atoms with Crippen molar-refractivity contribution >= 4 is 173 Å². The van der Waals surface area contributed by atoms with E-state index in [-0.39, 0.29) is 89.6 Å². The van der Waals surface area contributed by atoms with Crippen molar-refractivity contribution in [1.82, 2.24) is 64.4 Å². The van der Waals surface area contributed by atoms with Crippen molar-refractivity contribution in [2.24, 2.45) is 29.6 Å². The lowest BCUT2D eigenvalue weighted by Crippen LogP contribution is -2.41. The number of carbonyl (C=O) groups excluding carboxylic acids is 1. The summed E-state index contributed by atoms with van der Waals surface area (Å²) in [6.07, 6.45) is 34.5. The largest absolute Gasteiger partial charge is 0.495 e. The normalized spacial score (nSPS) is 26.3. The fourth-order valence-electron chi connectivity index (χ4n) is 21.8. The van der Waals surface area contributed by atoms with Gasteiger partial charge in [-0.15, -0.1) is 12.4 Å². The molecule has 5 aromatic heterocycles. The molecule has 5 aromatic carbocycles. The highest BCUT2D eigenvalue weighted by atomic mass is 79.9. The highest BCUT2D eigenvalue weighted by Crippen LogP contribution is 2.47. The molecule has 23 rings (SSSR count). The summed E-state index contributed by atoms with van der Waals surface area (Å²) in [5.41, 5.74) is 4.76. The van der Waals surface area contributed by atoms with Gasteiger partial charge in [-0.2, -0.15) is 33.9 Å². The van der Waals surface area contributed by atoms with E-state index < -0.39 is 24.1 Å². The lowest BCUT2D eigenvalue weighted by Gasteiger charge is -2.35. The number of nitrogens with one attached hydrogen (secondary N) is 2. The molecule has 13 heterocycles. The van der Waals surface area contributed by atoms with Crippen LogP contribution in [0.25, 0.3) is 54.5 Å². The van der Waals surface area contributed by atoms with Gasteiger partial charge in [0.15, 0.2) is 11.6 Å². The number of β-amino-alcohol motifs (C(OH)–C–C–N with tert-alkyl or cyclic N) is 3. The third kappa shape index (κ3) is 28.3. The third-order valence-electron chi connectivity index (χ3n) is 32.7. The number of rotatable bonds is 15. The summed E-state index contributed by atoms with van der Waals surface area (Å²) in [5.74, 6) is 2.71. The van der Waals surface area contributed by atoms with E-state index in [2.05, 4.69) is 211 Å². The standard InChI is InChI=1S/C24H36BN3O3.C18H24BrN3O.C16H19BrN2O2.C14H15BrN2O.C12H24B2O4.C10H18O5S.C7H5BrN2.C4H9NO.ClH/c1-23(2)24(3,4)31-25(30-23)21-6-5-7-22-20(21)14-26-28(22)15-17-8-10-18(11-9-17)27-13-12-19(29)16-27;19-17-2-1-3-18-16(17)10-20-22(18)11-13-4-6-14(7-5-13)21-9-8-15(23)12-21;17-14-2-1-3-15-13(14)10-18-19(15)11-12-4-6-16(7-5-12)20-8-9-21-16;15-13-2-1-3-14-12(13)8-16-17(14)9-10-4-6-11(18)7-5-10;1-9(2)10(3,4)16-13(15-9)14-17-11(5,6)12(7,8)18-14;1-16(11,12)15-8-9-2-4-10(5-3-9)13-6-7-14-10;8-6-2-1-3-7-5(6)4-9-10-7;6-4-1-2-5-3-4;/h5-7,14,17-19,29H,8-13,15-16H2,1-4H3;1-3,10,13-15,23H,4-9,11-12H2;1-3,10,12H,4-9,11H2;1-3,8,10H,4-7,9H2;1-8H3;9H,2-8H2,1H3;1-4H,(H,9,10);4-6H,1-3H2;1H/t17?,18?,19-;13?,14?,15-;;;;;;4-;/m11.....1./s1. The first kappa shape index (κ1) is 113. The number of aliphatic hydroxyl groups excluding tert-OH is 3. The zero-order chi connectivity index (χ0) is 101. The molecule has 0 radical (unpaired) electrons. The molecule has 788 valence electrons. The predicted molar refractivity (Wildman–Crippen MR) is 581 cm³/mol. The second kappa shape index (κ2) is 48.8. The van der Waals surface area contributed by atoms with Gasteiger partial charge in [0.25, 0.3) is 10.1 Å². The average Bonchev–Trinajstić information content (AvgIpc) is 1.59. The Hall–Kier alpha value is -5.21. The summed E-state index contributed by atoms with van der Waals surface area (Å²) >= 11 is 14.2. The molecule has 2 spiro atoms. The molecule has 30 nitrogen and oxygen atoms in total. The molecule has 5 aliphatic carbocycles. The van der Waals surface area contributed by atoms with Crippen molar-refractivity contribution in [1.29, 1.82) is 0 Å². The molecule has 5 N–H and O–H groups in total. The Morgan fingerprint density at radius 2 is 0.764 bits per heavy atom. The first-order chi connectivity index (χ1) is 68.1. The molecule has 0 bridgehead atoms. The van der Waals surface area contributed by atoms with Crippen LogP contribution in [-0.4, -0.2) is 264 Å². The summed E-state index contributed by atoms with van der Waals surface area (Å²) in [5, 5.41) is 62.2. The number of ether oxygens (including phenoxy) is 4. The van der Waals surface area contributed by atoms with Gasteiger partial charge in [0.1, 0.15) is 5.78 Å². The average molecular weight is 2290 g/mol. The SMILES string of the molecule is Brc1cccc2[nH]ncc12.Brc1cccc2c1cnn2CC1CCC2(CC1)OCCO2.CC1(C)OB(B2OC(C)(C)C(C)(C)O2)OC1(C)C.CC1(C)OB(c2cccc3c2cnn3CC2CCC(N3CC[C@@H](O)C3)CC2)OC1(C)C.CS(=O)(=O)OCC1CCC2(CC1)OCCO2.Cl.O=C1CCC(Cn2ncc3c(Br)cccc32)CC1.O[C@@H]1CCN(C2CCC(Cn3ncc4c(Br)cccc43)CC2)C1.O[C@@H]1CCNC1. The number of halogens is 5. The molecule has 8 aliphatic heterocycles. The van der Waals surface area contributed by atoms with Gasteiger partial charge in [-0.1, -0.05) is 100 Å². The van der Waals surface area contributed by atoms with Gasteiger partial charge in [0, 0.05) is 154 Å². The Balaban J connectivity index is 0.000000127. The molecule has 13 fully saturated rings. The van der Waals surface area contributed by atoms with Crippen LogP contribution in [0, 0.1) is 29.6 Å². The lowest BCUT2D eigenvalue weighted by atomic mass is 9.49. The number of ketones is 1. The lowest BCUT2D eigenvalue weighted by molar-refractivity contribution is -0.183. The van der Waals surface area contributed by atoms with Gasteiger partial charge >= 0.3 is 21.1 Å². The number of fused-ring (bicyclic) bond motifs is 5. The highest BCUT2D eigenvalue weighted by Gasteiger charge is 2.64. The van der Waals surface area contributed by atoms with Crippen molar-refractivity contribution < 1.29 is 79.6 Å². The number of hydrogen-bond donors (Lipinski definition) is 5.